The maximum absolute atomic E-state index is 12.2. The summed E-state index contributed by atoms with van der Waals surface area (Å²) >= 11 is 0. The Kier molecular flexibility index (Phi) is 4.35. The third kappa shape index (κ3) is 4.22. The second-order valence-corrected chi connectivity index (χ2v) is 6.09. The summed E-state index contributed by atoms with van der Waals surface area (Å²) in [5.74, 6) is 0.476. The van der Waals surface area contributed by atoms with Crippen molar-refractivity contribution in [2.75, 3.05) is 5.32 Å². The van der Waals surface area contributed by atoms with E-state index in [0.717, 1.165) is 5.75 Å². The van der Waals surface area contributed by atoms with E-state index in [1.807, 2.05) is 20.8 Å². The van der Waals surface area contributed by atoms with Crippen molar-refractivity contribution < 1.29 is 9.53 Å². The van der Waals surface area contributed by atoms with Crippen molar-refractivity contribution in [3.8, 4) is 5.75 Å². The van der Waals surface area contributed by atoms with Gasteiger partial charge >= 0.3 is 0 Å². The lowest BCUT2D eigenvalue weighted by molar-refractivity contribution is 0.102. The van der Waals surface area contributed by atoms with E-state index in [4.69, 9.17) is 4.74 Å². The standard InChI is InChI=1S/C17H20N2O3/c1-11-9-15(20)18-10-14(11)16(21)19-12-5-7-13(8-6-12)22-17(2,3)4/h5-10H,1-4H3,(H,18,20)(H,19,21). The Hall–Kier alpha value is -2.56. The molecule has 1 heterocycles. The zero-order valence-electron chi connectivity index (χ0n) is 13.2. The van der Waals surface area contributed by atoms with Crippen molar-refractivity contribution >= 4 is 11.6 Å². The Labute approximate surface area is 129 Å². The molecule has 5 heteroatoms. The molecule has 0 aliphatic heterocycles. The highest BCUT2D eigenvalue weighted by Crippen LogP contribution is 2.21. The number of hydrogen-bond acceptors (Lipinski definition) is 3. The Morgan fingerprint density at radius 3 is 2.36 bits per heavy atom. The Bertz CT molecular complexity index is 725. The first-order valence-corrected chi connectivity index (χ1v) is 7.04. The molecule has 0 saturated heterocycles. The smallest absolute Gasteiger partial charge is 0.257 e. The number of benzene rings is 1. The van der Waals surface area contributed by atoms with Gasteiger partial charge in [-0.2, -0.15) is 0 Å². The van der Waals surface area contributed by atoms with Gasteiger partial charge in [-0.1, -0.05) is 0 Å². The van der Waals surface area contributed by atoms with Gasteiger partial charge in [0.25, 0.3) is 5.91 Å². The molecule has 0 aliphatic carbocycles. The van der Waals surface area contributed by atoms with Crippen LogP contribution in [0.5, 0.6) is 5.75 Å². The summed E-state index contributed by atoms with van der Waals surface area (Å²) in [6, 6.07) is 8.57. The lowest BCUT2D eigenvalue weighted by Gasteiger charge is -2.21. The van der Waals surface area contributed by atoms with Crippen molar-refractivity contribution in [1.29, 1.82) is 0 Å². The highest BCUT2D eigenvalue weighted by atomic mass is 16.5. The fourth-order valence-electron chi connectivity index (χ4n) is 1.98. The van der Waals surface area contributed by atoms with Crippen LogP contribution in [-0.2, 0) is 0 Å². The highest BCUT2D eigenvalue weighted by Gasteiger charge is 2.12. The van der Waals surface area contributed by atoms with Crippen molar-refractivity contribution in [2.24, 2.45) is 0 Å². The van der Waals surface area contributed by atoms with E-state index in [9.17, 15) is 9.59 Å². The van der Waals surface area contributed by atoms with Gasteiger partial charge in [-0.05, 0) is 57.5 Å². The van der Waals surface area contributed by atoms with E-state index >= 15 is 0 Å². The van der Waals surface area contributed by atoms with Gasteiger partial charge in [-0.25, -0.2) is 0 Å². The SMILES string of the molecule is Cc1cc(=O)[nH]cc1C(=O)Nc1ccc(OC(C)(C)C)cc1. The number of amides is 1. The Morgan fingerprint density at radius 2 is 1.82 bits per heavy atom. The second kappa shape index (κ2) is 6.05. The van der Waals surface area contributed by atoms with Gasteiger partial charge in [0.2, 0.25) is 5.56 Å². The van der Waals surface area contributed by atoms with Gasteiger partial charge < -0.3 is 15.0 Å². The van der Waals surface area contributed by atoms with E-state index < -0.39 is 0 Å². The molecular weight excluding hydrogens is 280 g/mol. The van der Waals surface area contributed by atoms with Crippen molar-refractivity contribution in [2.45, 2.75) is 33.3 Å². The summed E-state index contributed by atoms with van der Waals surface area (Å²) in [4.78, 5) is 25.9. The van der Waals surface area contributed by atoms with Gasteiger partial charge in [-0.3, -0.25) is 9.59 Å². The van der Waals surface area contributed by atoms with Crippen LogP contribution < -0.4 is 15.6 Å². The minimum Gasteiger partial charge on any atom is -0.488 e. The number of nitrogens with one attached hydrogen (secondary N) is 2. The first-order chi connectivity index (χ1) is 10.2. The molecule has 1 aromatic heterocycles. The molecule has 0 spiro atoms. The molecule has 0 saturated carbocycles. The number of aromatic nitrogens is 1. The third-order valence-corrected chi connectivity index (χ3v) is 2.91. The van der Waals surface area contributed by atoms with Crippen LogP contribution in [0.1, 0.15) is 36.7 Å². The summed E-state index contributed by atoms with van der Waals surface area (Å²) < 4.78 is 5.73. The zero-order valence-corrected chi connectivity index (χ0v) is 13.2. The molecule has 0 aliphatic rings. The third-order valence-electron chi connectivity index (χ3n) is 2.91. The van der Waals surface area contributed by atoms with Gasteiger partial charge in [-0.15, -0.1) is 0 Å². The molecule has 0 unspecified atom stereocenters. The van der Waals surface area contributed by atoms with Crippen LogP contribution in [0.3, 0.4) is 0 Å². The number of carbonyl (C=O) groups is 1. The summed E-state index contributed by atoms with van der Waals surface area (Å²) in [6.07, 6.45) is 1.42. The Morgan fingerprint density at radius 1 is 1.18 bits per heavy atom. The molecule has 1 amide bonds. The van der Waals surface area contributed by atoms with Crippen LogP contribution in [0.2, 0.25) is 0 Å². The van der Waals surface area contributed by atoms with Gasteiger partial charge in [0.1, 0.15) is 11.4 Å². The number of pyridine rings is 1. The van der Waals surface area contributed by atoms with E-state index in [0.29, 0.717) is 16.8 Å². The minimum absolute atomic E-state index is 0.224. The minimum atomic E-state index is -0.266. The molecule has 2 N–H and O–H groups in total. The van der Waals surface area contributed by atoms with E-state index in [2.05, 4.69) is 10.3 Å². The van der Waals surface area contributed by atoms with E-state index in [-0.39, 0.29) is 17.1 Å². The lowest BCUT2D eigenvalue weighted by Crippen LogP contribution is -2.22. The van der Waals surface area contributed by atoms with E-state index in [1.54, 1.807) is 31.2 Å². The van der Waals surface area contributed by atoms with Crippen molar-refractivity contribution in [1.82, 2.24) is 4.98 Å². The van der Waals surface area contributed by atoms with Gasteiger partial charge in [0.15, 0.2) is 0 Å². The van der Waals surface area contributed by atoms with Crippen LogP contribution in [0.4, 0.5) is 5.69 Å². The van der Waals surface area contributed by atoms with Crippen molar-refractivity contribution in [3.05, 3.63) is 58.0 Å². The highest BCUT2D eigenvalue weighted by molar-refractivity contribution is 6.05. The number of aryl methyl sites for hydroxylation is 1. The number of rotatable bonds is 3. The monoisotopic (exact) mass is 300 g/mol. The first kappa shape index (κ1) is 15.8. The van der Waals surface area contributed by atoms with Gasteiger partial charge in [0.05, 0.1) is 5.56 Å². The van der Waals surface area contributed by atoms with Gasteiger partial charge in [0, 0.05) is 18.0 Å². The first-order valence-electron chi connectivity index (χ1n) is 7.04. The topological polar surface area (TPSA) is 71.2 Å². The maximum Gasteiger partial charge on any atom is 0.257 e. The molecule has 2 rings (SSSR count). The predicted octanol–water partition coefficient (Wildman–Crippen LogP) is 3.11. The van der Waals surface area contributed by atoms with Crippen molar-refractivity contribution in [3.63, 3.8) is 0 Å². The number of H-pyrrole nitrogens is 1. The molecule has 2 aromatic rings. The number of carbonyl (C=O) groups excluding carboxylic acids is 1. The molecule has 0 atom stereocenters. The Balaban J connectivity index is 2.10. The number of anilines is 1. The maximum atomic E-state index is 12.2. The molecule has 0 fully saturated rings. The summed E-state index contributed by atoms with van der Waals surface area (Å²) in [5.41, 5.74) is 1.25. The summed E-state index contributed by atoms with van der Waals surface area (Å²) in [6.45, 7) is 7.65. The normalized spacial score (nSPS) is 11.1. The summed E-state index contributed by atoms with van der Waals surface area (Å²) in [5, 5.41) is 2.79. The molecule has 0 radical (unpaired) electrons. The van der Waals surface area contributed by atoms with E-state index in [1.165, 1.54) is 12.3 Å². The fraction of sp³-hybridized carbons (Fsp3) is 0.294. The quantitative estimate of drug-likeness (QED) is 0.915. The predicted molar refractivity (Wildman–Crippen MR) is 86.6 cm³/mol. The number of ether oxygens (including phenoxy) is 1. The number of hydrogen-bond donors (Lipinski definition) is 2. The van der Waals surface area contributed by atoms with Crippen LogP contribution >= 0.6 is 0 Å². The molecule has 1 aromatic carbocycles. The largest absolute Gasteiger partial charge is 0.488 e. The average Bonchev–Trinajstić information content (AvgIpc) is 2.39. The second-order valence-electron chi connectivity index (χ2n) is 6.09. The lowest BCUT2D eigenvalue weighted by atomic mass is 10.1. The van der Waals surface area contributed by atoms with Crippen LogP contribution in [0.25, 0.3) is 0 Å². The zero-order chi connectivity index (χ0) is 16.3. The van der Waals surface area contributed by atoms with Crippen LogP contribution in [0, 0.1) is 6.92 Å². The fourth-order valence-corrected chi connectivity index (χ4v) is 1.98. The molecule has 5 nitrogen and oxygen atoms in total. The van der Waals surface area contributed by atoms with Crippen LogP contribution in [-0.4, -0.2) is 16.5 Å². The molecule has 0 bridgehead atoms. The molecule has 22 heavy (non-hydrogen) atoms. The number of aromatic amines is 1. The van der Waals surface area contributed by atoms with Crippen LogP contribution in [0.15, 0.2) is 41.3 Å². The molecular formula is C17H20N2O3. The molecule has 116 valence electrons. The summed E-state index contributed by atoms with van der Waals surface area (Å²) in [7, 11) is 0. The average molecular weight is 300 g/mol.